The fourth-order valence-electron chi connectivity index (χ4n) is 2.97. The van der Waals surface area contributed by atoms with Crippen molar-refractivity contribution in [3.63, 3.8) is 0 Å². The summed E-state index contributed by atoms with van der Waals surface area (Å²) in [7, 11) is 1.51. The van der Waals surface area contributed by atoms with E-state index < -0.39 is 11.2 Å². The van der Waals surface area contributed by atoms with Crippen LogP contribution in [0, 0.1) is 6.92 Å². The third-order valence-electron chi connectivity index (χ3n) is 4.50. The highest BCUT2D eigenvalue weighted by Crippen LogP contribution is 2.18. The number of amides is 1. The lowest BCUT2D eigenvalue weighted by atomic mass is 10.1. The van der Waals surface area contributed by atoms with Gasteiger partial charge in [-0.3, -0.25) is 19.1 Å². The molecule has 28 heavy (non-hydrogen) atoms. The Bertz CT molecular complexity index is 915. The first-order valence-electron chi connectivity index (χ1n) is 9.36. The van der Waals surface area contributed by atoms with Gasteiger partial charge in [-0.2, -0.15) is 0 Å². The lowest BCUT2D eigenvalue weighted by molar-refractivity contribution is -0.118. The highest BCUT2D eigenvalue weighted by Gasteiger charge is 2.23. The Kier molecular flexibility index (Phi) is 7.57. The Morgan fingerprint density at radius 3 is 2.54 bits per heavy atom. The van der Waals surface area contributed by atoms with E-state index in [-0.39, 0.29) is 37.0 Å². The van der Waals surface area contributed by atoms with Gasteiger partial charge in [0.15, 0.2) is 5.69 Å². The number of carbonyl (C=O) groups is 1. The zero-order chi connectivity index (χ0) is 20.7. The minimum absolute atomic E-state index is 0.000920. The second-order valence-electron chi connectivity index (χ2n) is 6.67. The average Bonchev–Trinajstić information content (AvgIpc) is 2.66. The molecule has 152 valence electrons. The molecule has 2 aromatic rings. The van der Waals surface area contributed by atoms with Gasteiger partial charge >= 0.3 is 5.69 Å². The minimum atomic E-state index is -0.672. The van der Waals surface area contributed by atoms with E-state index in [1.54, 1.807) is 0 Å². The van der Waals surface area contributed by atoms with Crippen molar-refractivity contribution in [1.29, 1.82) is 0 Å². The van der Waals surface area contributed by atoms with Crippen LogP contribution in [0.5, 0.6) is 0 Å². The van der Waals surface area contributed by atoms with Gasteiger partial charge in [-0.25, -0.2) is 4.79 Å². The van der Waals surface area contributed by atoms with Crippen molar-refractivity contribution >= 4 is 17.4 Å². The number of hydrogen-bond donors (Lipinski definition) is 2. The molecule has 0 aliphatic rings. The van der Waals surface area contributed by atoms with E-state index in [9.17, 15) is 14.4 Å². The summed E-state index contributed by atoms with van der Waals surface area (Å²) in [5.41, 5.74) is 7.04. The topological polar surface area (TPSA) is 110 Å². The van der Waals surface area contributed by atoms with E-state index in [2.05, 4.69) is 4.98 Å². The molecular formula is C20H28N4O4. The molecule has 1 aromatic carbocycles. The number of aromatic nitrogens is 2. The molecule has 0 fully saturated rings. The van der Waals surface area contributed by atoms with Crippen molar-refractivity contribution in [2.75, 3.05) is 30.9 Å². The number of hydrogen-bond acceptors (Lipinski definition) is 5. The van der Waals surface area contributed by atoms with Gasteiger partial charge in [-0.15, -0.1) is 0 Å². The van der Waals surface area contributed by atoms with Gasteiger partial charge in [0.1, 0.15) is 5.82 Å². The number of methoxy groups -OCH3 is 1. The van der Waals surface area contributed by atoms with Crippen LogP contribution in [-0.2, 0) is 22.5 Å². The molecule has 8 heteroatoms. The zero-order valence-corrected chi connectivity index (χ0v) is 16.7. The van der Waals surface area contributed by atoms with E-state index in [0.29, 0.717) is 19.4 Å². The predicted octanol–water partition coefficient (Wildman–Crippen LogP) is 1.45. The van der Waals surface area contributed by atoms with Gasteiger partial charge in [0.25, 0.3) is 5.56 Å². The van der Waals surface area contributed by atoms with Crippen molar-refractivity contribution in [3.05, 3.63) is 56.2 Å². The molecule has 0 aliphatic carbocycles. The highest BCUT2D eigenvalue weighted by atomic mass is 16.5. The first kappa shape index (κ1) is 21.4. The first-order valence-corrected chi connectivity index (χ1v) is 9.36. The molecule has 1 amide bonds. The second kappa shape index (κ2) is 9.89. The molecule has 2 rings (SSSR count). The normalized spacial score (nSPS) is 10.8. The number of nitrogen functional groups attached to an aromatic ring is 1. The van der Waals surface area contributed by atoms with Gasteiger partial charge in [0.2, 0.25) is 5.91 Å². The summed E-state index contributed by atoms with van der Waals surface area (Å²) in [6.07, 6.45) is 1.41. The summed E-state index contributed by atoms with van der Waals surface area (Å²) < 4.78 is 6.37. The number of H-pyrrole nitrogens is 1. The van der Waals surface area contributed by atoms with Crippen LogP contribution in [0.1, 0.15) is 30.9 Å². The SMILES string of the molecule is CCCn1c(N)c(N(CCOC)C(=O)CCc2ccc(C)cc2)c(=O)[nH]c1=O. The number of rotatable bonds is 9. The lowest BCUT2D eigenvalue weighted by Crippen LogP contribution is -2.42. The molecule has 0 unspecified atom stereocenters. The molecule has 0 radical (unpaired) electrons. The van der Waals surface area contributed by atoms with Crippen LogP contribution in [0.15, 0.2) is 33.9 Å². The molecule has 0 bridgehead atoms. The van der Waals surface area contributed by atoms with Crippen molar-refractivity contribution in [2.45, 2.75) is 39.7 Å². The summed E-state index contributed by atoms with van der Waals surface area (Å²) in [6, 6.07) is 7.94. The van der Waals surface area contributed by atoms with Crippen LogP contribution in [0.4, 0.5) is 11.5 Å². The van der Waals surface area contributed by atoms with E-state index in [0.717, 1.165) is 11.1 Å². The Morgan fingerprint density at radius 2 is 1.93 bits per heavy atom. The van der Waals surface area contributed by atoms with Crippen molar-refractivity contribution in [3.8, 4) is 0 Å². The largest absolute Gasteiger partial charge is 0.383 e. The Morgan fingerprint density at radius 1 is 1.25 bits per heavy atom. The first-order chi connectivity index (χ1) is 13.4. The van der Waals surface area contributed by atoms with Crippen LogP contribution >= 0.6 is 0 Å². The van der Waals surface area contributed by atoms with E-state index in [1.807, 2.05) is 38.1 Å². The number of aryl methyl sites for hydroxylation is 2. The number of nitrogens with zero attached hydrogens (tertiary/aromatic N) is 2. The zero-order valence-electron chi connectivity index (χ0n) is 16.7. The predicted molar refractivity (Wildman–Crippen MR) is 110 cm³/mol. The third kappa shape index (κ3) is 5.10. The number of benzene rings is 1. The highest BCUT2D eigenvalue weighted by molar-refractivity contribution is 5.95. The fourth-order valence-corrected chi connectivity index (χ4v) is 2.97. The van der Waals surface area contributed by atoms with E-state index in [1.165, 1.54) is 16.6 Å². The Balaban J connectivity index is 2.33. The van der Waals surface area contributed by atoms with Gasteiger partial charge in [0.05, 0.1) is 6.61 Å². The number of carbonyl (C=O) groups excluding carboxylic acids is 1. The van der Waals surface area contributed by atoms with Crippen LogP contribution in [-0.4, -0.2) is 35.7 Å². The van der Waals surface area contributed by atoms with Crippen LogP contribution < -0.4 is 21.9 Å². The van der Waals surface area contributed by atoms with Gasteiger partial charge in [-0.05, 0) is 25.3 Å². The molecule has 3 N–H and O–H groups in total. The standard InChI is InChI=1S/C20H28N4O4/c1-4-11-24-18(21)17(19(26)22-20(24)27)23(12-13-28-3)16(25)10-9-15-7-5-14(2)6-8-15/h5-8H,4,9-13,21H2,1-3H3,(H,22,26,27). The molecule has 0 spiro atoms. The molecule has 0 saturated carbocycles. The van der Waals surface area contributed by atoms with Crippen molar-refractivity contribution in [2.24, 2.45) is 0 Å². The fraction of sp³-hybridized carbons (Fsp3) is 0.450. The summed E-state index contributed by atoms with van der Waals surface area (Å²) in [6.45, 7) is 4.65. The monoisotopic (exact) mass is 388 g/mol. The quantitative estimate of drug-likeness (QED) is 0.675. The summed E-state index contributed by atoms with van der Waals surface area (Å²) >= 11 is 0. The molecule has 0 saturated heterocycles. The van der Waals surface area contributed by atoms with Gasteiger partial charge in [0, 0.05) is 26.6 Å². The van der Waals surface area contributed by atoms with Crippen LogP contribution in [0.3, 0.4) is 0 Å². The van der Waals surface area contributed by atoms with Crippen LogP contribution in [0.2, 0.25) is 0 Å². The molecular weight excluding hydrogens is 360 g/mol. The minimum Gasteiger partial charge on any atom is -0.383 e. The number of nitrogens with one attached hydrogen (secondary N) is 1. The Labute approximate surface area is 163 Å². The van der Waals surface area contributed by atoms with E-state index in [4.69, 9.17) is 10.5 Å². The Hall–Kier alpha value is -2.87. The van der Waals surface area contributed by atoms with E-state index >= 15 is 0 Å². The maximum atomic E-state index is 12.9. The lowest BCUT2D eigenvalue weighted by Gasteiger charge is -2.24. The maximum absolute atomic E-state index is 12.9. The molecule has 1 aromatic heterocycles. The summed E-state index contributed by atoms with van der Waals surface area (Å²) in [4.78, 5) is 41.0. The number of aromatic amines is 1. The summed E-state index contributed by atoms with van der Waals surface area (Å²) in [5, 5.41) is 0. The third-order valence-corrected chi connectivity index (χ3v) is 4.50. The molecule has 1 heterocycles. The molecule has 0 aliphatic heterocycles. The average molecular weight is 388 g/mol. The number of anilines is 2. The molecule has 8 nitrogen and oxygen atoms in total. The second-order valence-corrected chi connectivity index (χ2v) is 6.67. The number of ether oxygens (including phenoxy) is 1. The maximum Gasteiger partial charge on any atom is 0.330 e. The summed E-state index contributed by atoms with van der Waals surface area (Å²) in [5.74, 6) is -0.257. The van der Waals surface area contributed by atoms with Crippen LogP contribution in [0.25, 0.3) is 0 Å². The smallest absolute Gasteiger partial charge is 0.330 e. The van der Waals surface area contributed by atoms with Gasteiger partial charge < -0.3 is 15.4 Å². The number of nitrogens with two attached hydrogens (primary N) is 1. The molecule has 0 atom stereocenters. The van der Waals surface area contributed by atoms with Crippen molar-refractivity contribution in [1.82, 2.24) is 9.55 Å². The van der Waals surface area contributed by atoms with Gasteiger partial charge in [-0.1, -0.05) is 36.8 Å². The van der Waals surface area contributed by atoms with Crippen molar-refractivity contribution < 1.29 is 9.53 Å².